The first-order valence-electron chi connectivity index (χ1n) is 8.58. The molecule has 128 valence electrons. The van der Waals surface area contributed by atoms with Crippen LogP contribution in [0.3, 0.4) is 0 Å². The van der Waals surface area contributed by atoms with E-state index in [0.29, 0.717) is 19.0 Å². The van der Waals surface area contributed by atoms with Crippen molar-refractivity contribution in [3.05, 3.63) is 58.8 Å². The molecule has 4 rings (SSSR count). The number of anilines is 1. The molecule has 0 bridgehead atoms. The maximum absolute atomic E-state index is 12.7. The summed E-state index contributed by atoms with van der Waals surface area (Å²) >= 11 is 3.56. The molecule has 0 radical (unpaired) electrons. The lowest BCUT2D eigenvalue weighted by Gasteiger charge is -2.19. The average molecular weight is 398 g/mol. The number of aromatic nitrogens is 2. The molecule has 5 heteroatoms. The zero-order valence-electron chi connectivity index (χ0n) is 14.3. The van der Waals surface area contributed by atoms with Crippen molar-refractivity contribution in [1.82, 2.24) is 9.55 Å². The molecule has 1 fully saturated rings. The van der Waals surface area contributed by atoms with Crippen LogP contribution in [0.15, 0.2) is 53.0 Å². The van der Waals surface area contributed by atoms with Crippen LogP contribution in [0.5, 0.6) is 0 Å². The van der Waals surface area contributed by atoms with Crippen molar-refractivity contribution in [3.63, 3.8) is 0 Å². The Labute approximate surface area is 155 Å². The van der Waals surface area contributed by atoms with Crippen LogP contribution in [0.1, 0.15) is 38.1 Å². The Kier molecular flexibility index (Phi) is 4.12. The number of fused-ring (bicyclic) bond motifs is 1. The fourth-order valence-electron chi connectivity index (χ4n) is 3.68. The maximum atomic E-state index is 12.7. The summed E-state index contributed by atoms with van der Waals surface area (Å²) in [5.41, 5.74) is 3.07. The van der Waals surface area contributed by atoms with Gasteiger partial charge in [0.15, 0.2) is 0 Å². The summed E-state index contributed by atoms with van der Waals surface area (Å²) in [6.07, 6.45) is 0.497. The van der Waals surface area contributed by atoms with E-state index in [9.17, 15) is 4.79 Å². The Morgan fingerprint density at radius 1 is 1.12 bits per heavy atom. The number of hydrogen-bond acceptors (Lipinski definition) is 2. The molecule has 4 nitrogen and oxygen atoms in total. The first-order chi connectivity index (χ1) is 12.1. The van der Waals surface area contributed by atoms with Gasteiger partial charge in [0.25, 0.3) is 0 Å². The lowest BCUT2D eigenvalue weighted by Crippen LogP contribution is -2.25. The Bertz CT molecular complexity index is 947. The molecule has 0 saturated carbocycles. The summed E-state index contributed by atoms with van der Waals surface area (Å²) in [5, 5.41) is 0. The van der Waals surface area contributed by atoms with Gasteiger partial charge in [-0.05, 0) is 54.0 Å². The van der Waals surface area contributed by atoms with E-state index in [1.54, 1.807) is 0 Å². The predicted molar refractivity (Wildman–Crippen MR) is 104 cm³/mol. The smallest absolute Gasteiger partial charge is 0.227 e. The van der Waals surface area contributed by atoms with Gasteiger partial charge in [-0.25, -0.2) is 4.98 Å². The van der Waals surface area contributed by atoms with Gasteiger partial charge in [0.2, 0.25) is 5.91 Å². The van der Waals surface area contributed by atoms with Crippen molar-refractivity contribution in [3.8, 4) is 0 Å². The van der Waals surface area contributed by atoms with E-state index in [-0.39, 0.29) is 11.8 Å². The number of benzene rings is 2. The highest BCUT2D eigenvalue weighted by Gasteiger charge is 2.35. The van der Waals surface area contributed by atoms with Gasteiger partial charge in [0.1, 0.15) is 5.82 Å². The lowest BCUT2D eigenvalue weighted by atomic mass is 10.1. The zero-order chi connectivity index (χ0) is 17.6. The van der Waals surface area contributed by atoms with Crippen molar-refractivity contribution in [2.24, 2.45) is 0 Å². The van der Waals surface area contributed by atoms with Crippen molar-refractivity contribution in [2.75, 3.05) is 11.4 Å². The van der Waals surface area contributed by atoms with E-state index >= 15 is 0 Å². The average Bonchev–Trinajstić information content (AvgIpc) is 3.16. The van der Waals surface area contributed by atoms with E-state index in [4.69, 9.17) is 4.98 Å². The predicted octanol–water partition coefficient (Wildman–Crippen LogP) is 4.90. The van der Waals surface area contributed by atoms with Crippen LogP contribution in [0.2, 0.25) is 0 Å². The highest BCUT2D eigenvalue weighted by molar-refractivity contribution is 9.10. The standard InChI is InChI=1S/C20H20BrN3O/c1-13(2)24-18-10-6-4-8-16(18)22-20(24)14-11-19(25)23(12-14)17-9-5-3-7-15(17)21/h3-10,13-14H,11-12H2,1-2H3/t14-/m0/s1. The van der Waals surface area contributed by atoms with Crippen molar-refractivity contribution < 1.29 is 4.79 Å². The molecule has 0 N–H and O–H groups in total. The minimum Gasteiger partial charge on any atom is -0.325 e. The Morgan fingerprint density at radius 2 is 1.84 bits per heavy atom. The van der Waals surface area contributed by atoms with E-state index in [1.165, 1.54) is 0 Å². The van der Waals surface area contributed by atoms with Crippen molar-refractivity contribution >= 4 is 38.6 Å². The zero-order valence-corrected chi connectivity index (χ0v) is 15.9. The molecule has 1 aliphatic heterocycles. The Balaban J connectivity index is 1.75. The van der Waals surface area contributed by atoms with Gasteiger partial charge < -0.3 is 9.47 Å². The minimum absolute atomic E-state index is 0.106. The highest BCUT2D eigenvalue weighted by Crippen LogP contribution is 2.36. The van der Waals surface area contributed by atoms with Gasteiger partial charge in [-0.1, -0.05) is 24.3 Å². The monoisotopic (exact) mass is 397 g/mol. The fourth-order valence-corrected chi connectivity index (χ4v) is 4.18. The molecule has 1 saturated heterocycles. The van der Waals surface area contributed by atoms with Crippen LogP contribution < -0.4 is 4.90 Å². The number of para-hydroxylation sites is 3. The quantitative estimate of drug-likeness (QED) is 0.630. The molecule has 0 unspecified atom stereocenters. The second kappa shape index (κ2) is 6.30. The SMILES string of the molecule is CC(C)n1c([C@H]2CC(=O)N(c3ccccc3Br)C2)nc2ccccc21. The number of rotatable bonds is 3. The van der Waals surface area contributed by atoms with Crippen LogP contribution in [-0.2, 0) is 4.79 Å². The second-order valence-corrected chi connectivity index (χ2v) is 7.63. The summed E-state index contributed by atoms with van der Waals surface area (Å²) in [6, 6.07) is 16.4. The van der Waals surface area contributed by atoms with Gasteiger partial charge in [0, 0.05) is 29.4 Å². The molecule has 2 aromatic carbocycles. The molecule has 1 atom stereocenters. The molecule has 2 heterocycles. The number of carbonyl (C=O) groups is 1. The molecule has 0 aliphatic carbocycles. The third-order valence-electron chi connectivity index (χ3n) is 4.77. The molecule has 0 spiro atoms. The first-order valence-corrected chi connectivity index (χ1v) is 9.37. The maximum Gasteiger partial charge on any atom is 0.227 e. The van der Waals surface area contributed by atoms with Gasteiger partial charge in [-0.15, -0.1) is 0 Å². The van der Waals surface area contributed by atoms with Crippen molar-refractivity contribution in [1.29, 1.82) is 0 Å². The highest BCUT2D eigenvalue weighted by atomic mass is 79.9. The topological polar surface area (TPSA) is 38.1 Å². The Hall–Kier alpha value is -2.14. The third-order valence-corrected chi connectivity index (χ3v) is 5.44. The number of halogens is 1. The fraction of sp³-hybridized carbons (Fsp3) is 0.300. The summed E-state index contributed by atoms with van der Waals surface area (Å²) in [4.78, 5) is 19.4. The van der Waals surface area contributed by atoms with E-state index in [1.807, 2.05) is 47.4 Å². The largest absolute Gasteiger partial charge is 0.325 e. The van der Waals surface area contributed by atoms with E-state index in [0.717, 1.165) is 27.0 Å². The number of carbonyl (C=O) groups excluding carboxylic acids is 1. The molecule has 1 amide bonds. The molecule has 3 aromatic rings. The summed E-state index contributed by atoms with van der Waals surface area (Å²) in [6.45, 7) is 5.00. The number of nitrogens with zero attached hydrogens (tertiary/aromatic N) is 3. The lowest BCUT2D eigenvalue weighted by molar-refractivity contribution is -0.117. The molecule has 25 heavy (non-hydrogen) atoms. The van der Waals surface area contributed by atoms with Crippen LogP contribution in [0, 0.1) is 0 Å². The molecule has 1 aromatic heterocycles. The number of hydrogen-bond donors (Lipinski definition) is 0. The number of amides is 1. The van der Waals surface area contributed by atoms with Gasteiger partial charge >= 0.3 is 0 Å². The van der Waals surface area contributed by atoms with Gasteiger partial charge in [-0.3, -0.25) is 4.79 Å². The second-order valence-electron chi connectivity index (χ2n) is 6.78. The first kappa shape index (κ1) is 16.3. The molecular formula is C20H20BrN3O. The Morgan fingerprint density at radius 3 is 2.60 bits per heavy atom. The normalized spacial score (nSPS) is 17.8. The summed E-state index contributed by atoms with van der Waals surface area (Å²) in [7, 11) is 0. The van der Waals surface area contributed by atoms with Gasteiger partial charge in [-0.2, -0.15) is 0 Å². The van der Waals surface area contributed by atoms with E-state index in [2.05, 4.69) is 40.4 Å². The van der Waals surface area contributed by atoms with Crippen LogP contribution in [0.25, 0.3) is 11.0 Å². The summed E-state index contributed by atoms with van der Waals surface area (Å²) < 4.78 is 3.22. The van der Waals surface area contributed by atoms with Gasteiger partial charge in [0.05, 0.1) is 16.7 Å². The third kappa shape index (κ3) is 2.76. The van der Waals surface area contributed by atoms with Crippen LogP contribution in [-0.4, -0.2) is 22.0 Å². The molecular weight excluding hydrogens is 378 g/mol. The number of imidazole rings is 1. The van der Waals surface area contributed by atoms with Crippen LogP contribution in [0.4, 0.5) is 5.69 Å². The van der Waals surface area contributed by atoms with E-state index < -0.39 is 0 Å². The summed E-state index contributed by atoms with van der Waals surface area (Å²) in [5.74, 6) is 1.27. The van der Waals surface area contributed by atoms with Crippen LogP contribution >= 0.6 is 15.9 Å². The van der Waals surface area contributed by atoms with Crippen molar-refractivity contribution in [2.45, 2.75) is 32.2 Å². The minimum atomic E-state index is 0.106. The molecule has 1 aliphatic rings.